The SMILES string of the molecule is C[C@H](C/C=C/C(C)(C)OO)[C@H]1CC[C@H]2[C@@H]3C[C@@H](O)C4=CC(=O)CC[C@]4(C)[C@H]3CC[C@]12C. The fourth-order valence-corrected chi connectivity index (χ4v) is 8.34. The molecule has 0 unspecified atom stereocenters. The number of hydrogen-bond acceptors (Lipinski definition) is 4. The molecule has 0 heterocycles. The first kappa shape index (κ1) is 23.2. The molecule has 8 atom stereocenters. The van der Waals surface area contributed by atoms with E-state index < -0.39 is 11.7 Å². The summed E-state index contributed by atoms with van der Waals surface area (Å²) in [6.45, 7) is 11.0. The van der Waals surface area contributed by atoms with Crippen LogP contribution in [0.15, 0.2) is 23.8 Å². The molecule has 0 aliphatic heterocycles. The van der Waals surface area contributed by atoms with Crippen molar-refractivity contribution in [3.05, 3.63) is 23.8 Å². The van der Waals surface area contributed by atoms with Crippen LogP contribution in [0.5, 0.6) is 0 Å². The zero-order valence-corrected chi connectivity index (χ0v) is 20.1. The van der Waals surface area contributed by atoms with Crippen molar-refractivity contribution in [2.75, 3.05) is 0 Å². The second-order valence-electron chi connectivity index (χ2n) is 12.2. The van der Waals surface area contributed by atoms with Gasteiger partial charge in [0.05, 0.1) is 6.10 Å². The molecule has 0 aromatic heterocycles. The fraction of sp³-hybridized carbons (Fsp3) is 0.815. The molecule has 3 fully saturated rings. The molecule has 0 spiro atoms. The number of ketones is 1. The molecular formula is C27H42O4. The minimum Gasteiger partial charge on any atom is -0.389 e. The number of hydrogen-bond donors (Lipinski definition) is 2. The highest BCUT2D eigenvalue weighted by Crippen LogP contribution is 2.67. The van der Waals surface area contributed by atoms with Gasteiger partial charge in [-0.2, -0.15) is 0 Å². The summed E-state index contributed by atoms with van der Waals surface area (Å²) in [4.78, 5) is 16.6. The Morgan fingerprint density at radius 2 is 1.97 bits per heavy atom. The highest BCUT2D eigenvalue weighted by molar-refractivity contribution is 5.91. The van der Waals surface area contributed by atoms with Crippen LogP contribution in [0.25, 0.3) is 0 Å². The highest BCUT2D eigenvalue weighted by atomic mass is 17.1. The fourth-order valence-electron chi connectivity index (χ4n) is 8.34. The number of rotatable bonds is 5. The van der Waals surface area contributed by atoms with Crippen molar-refractivity contribution in [2.24, 2.45) is 40.4 Å². The van der Waals surface area contributed by atoms with Crippen LogP contribution in [0, 0.1) is 40.4 Å². The van der Waals surface area contributed by atoms with Crippen LogP contribution in [0.2, 0.25) is 0 Å². The van der Waals surface area contributed by atoms with Gasteiger partial charge in [0.1, 0.15) is 5.60 Å². The topological polar surface area (TPSA) is 66.8 Å². The molecule has 0 saturated heterocycles. The van der Waals surface area contributed by atoms with Crippen LogP contribution >= 0.6 is 0 Å². The molecule has 4 aliphatic rings. The third-order valence-electron chi connectivity index (χ3n) is 10.00. The van der Waals surface area contributed by atoms with E-state index in [0.29, 0.717) is 41.4 Å². The van der Waals surface area contributed by atoms with E-state index in [-0.39, 0.29) is 11.2 Å². The lowest BCUT2D eigenvalue weighted by molar-refractivity contribution is -0.297. The number of fused-ring (bicyclic) bond motifs is 5. The Bertz CT molecular complexity index is 767. The van der Waals surface area contributed by atoms with Crippen LogP contribution in [0.3, 0.4) is 0 Å². The first-order valence-electron chi connectivity index (χ1n) is 12.4. The third-order valence-corrected chi connectivity index (χ3v) is 10.00. The van der Waals surface area contributed by atoms with Gasteiger partial charge in [0.2, 0.25) is 0 Å². The van der Waals surface area contributed by atoms with Crippen LogP contribution in [0.1, 0.15) is 86.0 Å². The maximum Gasteiger partial charge on any atom is 0.155 e. The minimum absolute atomic E-state index is 0.000108. The Morgan fingerprint density at radius 1 is 1.23 bits per heavy atom. The molecule has 3 saturated carbocycles. The van der Waals surface area contributed by atoms with Crippen LogP contribution in [-0.2, 0) is 9.68 Å². The lowest BCUT2D eigenvalue weighted by atomic mass is 9.46. The standard InChI is InChI=1S/C27H42O4/c1-17(7-6-12-25(2,3)31-30)20-8-9-21-19-16-24(29)23-15-18(28)10-13-27(23,5)22(19)11-14-26(20,21)4/h6,12,15,17,19-22,24,29-30H,7-11,13-14,16H2,1-5H3/b12-6+/t17-,19+,20-,21+,22+,24-,26-,27-/m1/s1. The smallest absolute Gasteiger partial charge is 0.155 e. The number of aliphatic hydroxyl groups is 1. The zero-order valence-electron chi connectivity index (χ0n) is 20.1. The Hall–Kier alpha value is -0.970. The Labute approximate surface area is 188 Å². The number of carbonyl (C=O) groups excluding carboxylic acids is 1. The van der Waals surface area contributed by atoms with E-state index in [2.05, 4.69) is 31.7 Å². The van der Waals surface area contributed by atoms with Gasteiger partial charge in [-0.25, -0.2) is 4.89 Å². The Balaban J connectivity index is 1.52. The van der Waals surface area contributed by atoms with E-state index in [9.17, 15) is 9.90 Å². The third kappa shape index (κ3) is 3.87. The molecule has 0 amide bonds. The molecule has 4 heteroatoms. The largest absolute Gasteiger partial charge is 0.389 e. The van der Waals surface area contributed by atoms with E-state index in [1.54, 1.807) is 6.08 Å². The Morgan fingerprint density at radius 3 is 2.68 bits per heavy atom. The summed E-state index contributed by atoms with van der Waals surface area (Å²) >= 11 is 0. The van der Waals surface area contributed by atoms with Crippen molar-refractivity contribution in [2.45, 2.75) is 97.7 Å². The molecule has 174 valence electrons. The van der Waals surface area contributed by atoms with Gasteiger partial charge in [0.15, 0.2) is 5.78 Å². The predicted molar refractivity (Wildman–Crippen MR) is 122 cm³/mol. The average molecular weight is 431 g/mol. The van der Waals surface area contributed by atoms with Crippen molar-refractivity contribution in [3.63, 3.8) is 0 Å². The molecule has 4 rings (SSSR count). The van der Waals surface area contributed by atoms with Crippen molar-refractivity contribution >= 4 is 5.78 Å². The quantitative estimate of drug-likeness (QED) is 0.321. The first-order valence-corrected chi connectivity index (χ1v) is 12.4. The van der Waals surface area contributed by atoms with Gasteiger partial charge in [-0.15, -0.1) is 0 Å². The van der Waals surface area contributed by atoms with Gasteiger partial charge in [-0.1, -0.05) is 32.9 Å². The minimum atomic E-state index is -0.639. The molecule has 0 aromatic rings. The van der Waals surface area contributed by atoms with E-state index in [0.717, 1.165) is 24.8 Å². The Kier molecular flexibility index (Phi) is 6.07. The maximum atomic E-state index is 12.1. The highest BCUT2D eigenvalue weighted by Gasteiger charge is 2.60. The van der Waals surface area contributed by atoms with Gasteiger partial charge < -0.3 is 5.11 Å². The average Bonchev–Trinajstić information content (AvgIpc) is 3.07. The van der Waals surface area contributed by atoms with Crippen LogP contribution in [0.4, 0.5) is 0 Å². The summed E-state index contributed by atoms with van der Waals surface area (Å²) in [5.74, 6) is 3.32. The monoisotopic (exact) mass is 430 g/mol. The van der Waals surface area contributed by atoms with Crippen molar-refractivity contribution < 1.29 is 20.0 Å². The summed E-state index contributed by atoms with van der Waals surface area (Å²) in [6, 6.07) is 0. The van der Waals surface area contributed by atoms with E-state index in [4.69, 9.17) is 5.26 Å². The normalized spacial score (nSPS) is 43.9. The van der Waals surface area contributed by atoms with E-state index >= 15 is 0 Å². The summed E-state index contributed by atoms with van der Waals surface area (Å²) < 4.78 is 0. The lowest BCUT2D eigenvalue weighted by Crippen LogP contribution is -2.54. The number of aliphatic hydroxyl groups excluding tert-OH is 1. The number of carbonyl (C=O) groups is 1. The van der Waals surface area contributed by atoms with Crippen molar-refractivity contribution in [1.29, 1.82) is 0 Å². The van der Waals surface area contributed by atoms with E-state index in [1.807, 2.05) is 19.9 Å². The molecule has 4 aliphatic carbocycles. The molecule has 4 nitrogen and oxygen atoms in total. The van der Waals surface area contributed by atoms with Crippen molar-refractivity contribution in [1.82, 2.24) is 0 Å². The maximum absolute atomic E-state index is 12.1. The summed E-state index contributed by atoms with van der Waals surface area (Å²) in [5.41, 5.74) is 0.731. The first-order chi connectivity index (χ1) is 14.5. The molecule has 0 radical (unpaired) electrons. The summed E-state index contributed by atoms with van der Waals surface area (Å²) in [5, 5.41) is 20.1. The van der Waals surface area contributed by atoms with Gasteiger partial charge >= 0.3 is 0 Å². The summed E-state index contributed by atoms with van der Waals surface area (Å²) in [7, 11) is 0. The van der Waals surface area contributed by atoms with E-state index in [1.165, 1.54) is 25.7 Å². The van der Waals surface area contributed by atoms with Gasteiger partial charge in [0, 0.05) is 6.42 Å². The van der Waals surface area contributed by atoms with Crippen LogP contribution < -0.4 is 0 Å². The lowest BCUT2D eigenvalue weighted by Gasteiger charge is -2.59. The summed E-state index contributed by atoms with van der Waals surface area (Å²) in [6.07, 6.45) is 13.9. The van der Waals surface area contributed by atoms with Gasteiger partial charge in [-0.05, 0) is 111 Å². The predicted octanol–water partition coefficient (Wildman–Crippen LogP) is 5.96. The zero-order chi connectivity index (χ0) is 22.6. The van der Waals surface area contributed by atoms with Crippen molar-refractivity contribution in [3.8, 4) is 0 Å². The van der Waals surface area contributed by atoms with Gasteiger partial charge in [0.25, 0.3) is 0 Å². The second kappa shape index (κ2) is 8.11. The molecule has 0 bridgehead atoms. The molecule has 0 aromatic carbocycles. The van der Waals surface area contributed by atoms with Crippen LogP contribution in [-0.4, -0.2) is 27.9 Å². The van der Waals surface area contributed by atoms with Gasteiger partial charge in [-0.3, -0.25) is 10.1 Å². The second-order valence-corrected chi connectivity index (χ2v) is 12.2. The molecule has 31 heavy (non-hydrogen) atoms. The molecular weight excluding hydrogens is 388 g/mol. The molecule has 2 N–H and O–H groups in total. The number of allylic oxidation sites excluding steroid dienone is 1.